The van der Waals surface area contributed by atoms with Crippen molar-refractivity contribution in [3.05, 3.63) is 33.9 Å². The Balaban J connectivity index is 1.88. The number of rotatable bonds is 1. The van der Waals surface area contributed by atoms with Crippen LogP contribution in [0.2, 0.25) is 0 Å². The molecule has 2 N–H and O–H groups in total. The molecule has 4 rings (SSSR count). The van der Waals surface area contributed by atoms with E-state index in [-0.39, 0.29) is 12.1 Å². The van der Waals surface area contributed by atoms with Crippen molar-refractivity contribution >= 4 is 29.2 Å². The SMILES string of the molecule is CN1CCN2c3ccc([N+](=O)[O-])cc3CC3(C(=O)NC(=O)NC3=O)[C@@H]2C1. The van der Waals surface area contributed by atoms with Crippen molar-refractivity contribution in [3.8, 4) is 0 Å². The smallest absolute Gasteiger partial charge is 0.328 e. The maximum absolute atomic E-state index is 12.8. The minimum absolute atomic E-state index is 0.00394. The van der Waals surface area contributed by atoms with E-state index in [0.29, 0.717) is 18.7 Å². The summed E-state index contributed by atoms with van der Waals surface area (Å²) in [5, 5.41) is 15.5. The molecule has 4 amide bonds. The maximum atomic E-state index is 12.8. The molecule has 26 heavy (non-hydrogen) atoms. The molecule has 10 heteroatoms. The standard InChI is InChI=1S/C16H17N5O5/c1-19-4-5-20-11-3-2-10(21(25)26)6-9(11)7-16(12(20)8-19)13(22)17-15(24)18-14(16)23/h2-3,6,12H,4-5,7-8H2,1H3,(H2,17,18,22,23,24)/t12-/m0/s1. The Bertz CT molecular complexity index is 833. The van der Waals surface area contributed by atoms with Gasteiger partial charge in [0.05, 0.1) is 11.0 Å². The van der Waals surface area contributed by atoms with Crippen molar-refractivity contribution in [3.63, 3.8) is 0 Å². The van der Waals surface area contributed by atoms with Gasteiger partial charge in [0, 0.05) is 43.9 Å². The number of nitrogens with zero attached hydrogens (tertiary/aromatic N) is 3. The number of barbiturate groups is 1. The van der Waals surface area contributed by atoms with Gasteiger partial charge in [0.1, 0.15) is 0 Å². The topological polar surface area (TPSA) is 125 Å². The molecule has 0 saturated carbocycles. The lowest BCUT2D eigenvalue weighted by Gasteiger charge is -2.53. The number of anilines is 1. The Morgan fingerprint density at radius 1 is 1.19 bits per heavy atom. The Hall–Kier alpha value is -3.01. The molecule has 3 aliphatic rings. The number of carbonyl (C=O) groups excluding carboxylic acids is 3. The minimum Gasteiger partial charge on any atom is -0.364 e. The Morgan fingerprint density at radius 2 is 1.88 bits per heavy atom. The quantitative estimate of drug-likeness (QED) is 0.398. The number of likely N-dealkylation sites (N-methyl/N-ethyl adjacent to an activating group) is 1. The molecule has 10 nitrogen and oxygen atoms in total. The first-order chi connectivity index (χ1) is 12.3. The molecule has 3 aliphatic heterocycles. The lowest BCUT2D eigenvalue weighted by atomic mass is 9.68. The van der Waals surface area contributed by atoms with Gasteiger partial charge in [-0.25, -0.2) is 4.79 Å². The average molecular weight is 359 g/mol. The molecule has 2 fully saturated rings. The van der Waals surface area contributed by atoms with Crippen molar-refractivity contribution in [1.29, 1.82) is 0 Å². The van der Waals surface area contributed by atoms with Crippen LogP contribution in [-0.4, -0.2) is 60.4 Å². The van der Waals surface area contributed by atoms with E-state index < -0.39 is 34.2 Å². The van der Waals surface area contributed by atoms with Gasteiger partial charge in [-0.3, -0.25) is 30.3 Å². The van der Waals surface area contributed by atoms with E-state index in [2.05, 4.69) is 10.6 Å². The van der Waals surface area contributed by atoms with Gasteiger partial charge in [-0.15, -0.1) is 0 Å². The number of benzene rings is 1. The highest BCUT2D eigenvalue weighted by Gasteiger charge is 2.60. The predicted molar refractivity (Wildman–Crippen MR) is 89.5 cm³/mol. The summed E-state index contributed by atoms with van der Waals surface area (Å²) < 4.78 is 0. The third-order valence-corrected chi connectivity index (χ3v) is 5.47. The molecule has 0 aliphatic carbocycles. The van der Waals surface area contributed by atoms with Gasteiger partial charge < -0.3 is 9.80 Å². The maximum Gasteiger partial charge on any atom is 0.328 e. The zero-order chi connectivity index (χ0) is 18.6. The second-order valence-corrected chi connectivity index (χ2v) is 6.93. The molecule has 1 aromatic carbocycles. The fourth-order valence-corrected chi connectivity index (χ4v) is 4.18. The normalized spacial score (nSPS) is 24.6. The number of hydrogen-bond acceptors (Lipinski definition) is 7. The highest BCUT2D eigenvalue weighted by molar-refractivity contribution is 6.20. The van der Waals surface area contributed by atoms with Crippen molar-refractivity contribution < 1.29 is 19.3 Å². The Labute approximate surface area is 148 Å². The zero-order valence-corrected chi connectivity index (χ0v) is 14.0. The molecule has 0 aromatic heterocycles. The van der Waals surface area contributed by atoms with Crippen LogP contribution in [0.25, 0.3) is 0 Å². The highest BCUT2D eigenvalue weighted by Crippen LogP contribution is 2.45. The molecular formula is C16H17N5O5. The largest absolute Gasteiger partial charge is 0.364 e. The summed E-state index contributed by atoms with van der Waals surface area (Å²) in [5.74, 6) is -1.32. The van der Waals surface area contributed by atoms with Crippen molar-refractivity contribution in [2.45, 2.75) is 12.5 Å². The summed E-state index contributed by atoms with van der Waals surface area (Å²) >= 11 is 0. The zero-order valence-electron chi connectivity index (χ0n) is 14.0. The van der Waals surface area contributed by atoms with E-state index in [4.69, 9.17) is 0 Å². The highest BCUT2D eigenvalue weighted by atomic mass is 16.6. The first-order valence-corrected chi connectivity index (χ1v) is 8.22. The van der Waals surface area contributed by atoms with Crippen LogP contribution >= 0.6 is 0 Å². The van der Waals surface area contributed by atoms with Crippen LogP contribution in [0, 0.1) is 15.5 Å². The molecule has 0 radical (unpaired) electrons. The average Bonchev–Trinajstić information content (AvgIpc) is 2.58. The fraction of sp³-hybridized carbons (Fsp3) is 0.438. The summed E-state index contributed by atoms with van der Waals surface area (Å²) in [5.41, 5.74) is -0.263. The number of urea groups is 1. The molecule has 0 unspecified atom stereocenters. The van der Waals surface area contributed by atoms with E-state index in [1.165, 1.54) is 12.1 Å². The van der Waals surface area contributed by atoms with Crippen LogP contribution in [0.3, 0.4) is 0 Å². The third-order valence-electron chi connectivity index (χ3n) is 5.47. The number of hydrogen-bond donors (Lipinski definition) is 2. The van der Waals surface area contributed by atoms with E-state index in [9.17, 15) is 24.5 Å². The number of carbonyl (C=O) groups is 3. The van der Waals surface area contributed by atoms with Gasteiger partial charge in [0.25, 0.3) is 5.69 Å². The van der Waals surface area contributed by atoms with Crippen LogP contribution < -0.4 is 15.5 Å². The number of amides is 4. The van der Waals surface area contributed by atoms with Crippen LogP contribution in [0.4, 0.5) is 16.2 Å². The number of nitrogens with one attached hydrogen (secondary N) is 2. The first kappa shape index (κ1) is 16.5. The summed E-state index contributed by atoms with van der Waals surface area (Å²) in [7, 11) is 1.90. The monoisotopic (exact) mass is 359 g/mol. The van der Waals surface area contributed by atoms with E-state index in [1.807, 2.05) is 16.8 Å². The lowest BCUT2D eigenvalue weighted by Crippen LogP contribution is -2.74. The van der Waals surface area contributed by atoms with Crippen LogP contribution in [0.5, 0.6) is 0 Å². The molecule has 3 heterocycles. The number of fused-ring (bicyclic) bond motifs is 4. The number of non-ortho nitro benzene ring substituents is 1. The summed E-state index contributed by atoms with van der Waals surface area (Å²) in [6.07, 6.45) is 0.00394. The number of nitro benzene ring substituents is 1. The Kier molecular flexibility index (Phi) is 3.48. The van der Waals surface area contributed by atoms with Gasteiger partial charge in [0.15, 0.2) is 5.41 Å². The molecule has 0 bridgehead atoms. The minimum atomic E-state index is -1.51. The summed E-state index contributed by atoms with van der Waals surface area (Å²) in [6, 6.07) is 3.19. The predicted octanol–water partition coefficient (Wildman–Crippen LogP) is -0.376. The van der Waals surface area contributed by atoms with Gasteiger partial charge in [-0.05, 0) is 18.7 Å². The van der Waals surface area contributed by atoms with Crippen LogP contribution in [-0.2, 0) is 16.0 Å². The van der Waals surface area contributed by atoms with E-state index in [1.54, 1.807) is 6.07 Å². The summed E-state index contributed by atoms with van der Waals surface area (Å²) in [4.78, 5) is 51.8. The molecular weight excluding hydrogens is 342 g/mol. The van der Waals surface area contributed by atoms with E-state index in [0.717, 1.165) is 12.2 Å². The van der Waals surface area contributed by atoms with Crippen molar-refractivity contribution in [2.24, 2.45) is 5.41 Å². The molecule has 1 aromatic rings. The molecule has 1 atom stereocenters. The van der Waals surface area contributed by atoms with Crippen molar-refractivity contribution in [1.82, 2.24) is 15.5 Å². The third kappa shape index (κ3) is 2.18. The molecule has 1 spiro atoms. The number of imide groups is 2. The lowest BCUT2D eigenvalue weighted by molar-refractivity contribution is -0.384. The first-order valence-electron chi connectivity index (χ1n) is 8.22. The van der Waals surface area contributed by atoms with Crippen LogP contribution in [0.1, 0.15) is 5.56 Å². The Morgan fingerprint density at radius 3 is 2.54 bits per heavy atom. The van der Waals surface area contributed by atoms with Crippen molar-refractivity contribution in [2.75, 3.05) is 31.6 Å². The van der Waals surface area contributed by atoms with Gasteiger partial charge in [-0.2, -0.15) is 0 Å². The van der Waals surface area contributed by atoms with E-state index >= 15 is 0 Å². The number of nitro groups is 1. The fourth-order valence-electron chi connectivity index (χ4n) is 4.18. The molecule has 2 saturated heterocycles. The second kappa shape index (κ2) is 5.49. The van der Waals surface area contributed by atoms with Crippen LogP contribution in [0.15, 0.2) is 18.2 Å². The summed E-state index contributed by atoms with van der Waals surface area (Å²) in [6.45, 7) is 1.76. The second-order valence-electron chi connectivity index (χ2n) is 6.93. The van der Waals surface area contributed by atoms with Gasteiger partial charge in [-0.1, -0.05) is 0 Å². The number of piperazine rings is 1. The van der Waals surface area contributed by atoms with Gasteiger partial charge in [0.2, 0.25) is 11.8 Å². The van der Waals surface area contributed by atoms with Gasteiger partial charge >= 0.3 is 6.03 Å². The molecule has 136 valence electrons.